The number of carbonyl (C=O) groups excluding carboxylic acids is 1. The molecule has 1 rings (SSSR count). The summed E-state index contributed by atoms with van der Waals surface area (Å²) in [7, 11) is 2.97. The van der Waals surface area contributed by atoms with Crippen molar-refractivity contribution in [3.63, 3.8) is 0 Å². The van der Waals surface area contributed by atoms with Crippen LogP contribution >= 0.6 is 11.6 Å². The van der Waals surface area contributed by atoms with Gasteiger partial charge in [-0.2, -0.15) is 0 Å². The highest BCUT2D eigenvalue weighted by molar-refractivity contribution is 6.32. The van der Waals surface area contributed by atoms with Gasteiger partial charge in [0.2, 0.25) is 0 Å². The zero-order chi connectivity index (χ0) is 16.0. The molecule has 118 valence electrons. The molecule has 1 amide bonds. The van der Waals surface area contributed by atoms with Crippen molar-refractivity contribution < 1.29 is 19.4 Å². The molecule has 0 spiro atoms. The number of aliphatic hydroxyl groups is 1. The van der Waals surface area contributed by atoms with E-state index >= 15 is 0 Å². The first kappa shape index (κ1) is 17.6. The van der Waals surface area contributed by atoms with E-state index in [0.717, 1.165) is 0 Å². The average Bonchev–Trinajstić information content (AvgIpc) is 2.46. The van der Waals surface area contributed by atoms with Gasteiger partial charge in [0.05, 0.1) is 19.2 Å². The number of ether oxygens (including phenoxy) is 2. The van der Waals surface area contributed by atoms with Crippen molar-refractivity contribution in [1.82, 2.24) is 5.32 Å². The van der Waals surface area contributed by atoms with Crippen LogP contribution in [-0.4, -0.2) is 37.4 Å². The number of benzene rings is 1. The molecule has 0 aliphatic carbocycles. The van der Waals surface area contributed by atoms with E-state index in [9.17, 15) is 4.79 Å². The van der Waals surface area contributed by atoms with Gasteiger partial charge in [0.25, 0.3) is 5.91 Å². The van der Waals surface area contributed by atoms with E-state index in [1.807, 2.05) is 13.8 Å². The van der Waals surface area contributed by atoms with Crippen LogP contribution in [0.5, 0.6) is 11.5 Å². The summed E-state index contributed by atoms with van der Waals surface area (Å²) in [5, 5.41) is 12.3. The van der Waals surface area contributed by atoms with Crippen molar-refractivity contribution in [3.05, 3.63) is 22.7 Å². The van der Waals surface area contributed by atoms with E-state index in [4.69, 9.17) is 26.2 Å². The minimum Gasteiger partial charge on any atom is -0.493 e. The molecule has 21 heavy (non-hydrogen) atoms. The number of aliphatic hydroxyl groups excluding tert-OH is 1. The van der Waals surface area contributed by atoms with Gasteiger partial charge in [-0.15, -0.1) is 0 Å². The van der Waals surface area contributed by atoms with Crippen molar-refractivity contribution in [1.29, 1.82) is 0 Å². The molecule has 1 aromatic carbocycles. The topological polar surface area (TPSA) is 67.8 Å². The third-order valence-corrected chi connectivity index (χ3v) is 3.84. The SMILES string of the molecule is CCC(C)(CCO)NC(=O)c1cc(Cl)c(OC)c(OC)c1. The quantitative estimate of drug-likeness (QED) is 0.811. The fraction of sp³-hybridized carbons (Fsp3) is 0.533. The standard InChI is InChI=1S/C15H22ClNO4/c1-5-15(2,6-7-18)17-14(19)10-8-11(16)13(21-4)12(9-10)20-3/h8-9,18H,5-7H2,1-4H3,(H,17,19). The maximum Gasteiger partial charge on any atom is 0.251 e. The highest BCUT2D eigenvalue weighted by Crippen LogP contribution is 2.36. The van der Waals surface area contributed by atoms with Crippen molar-refractivity contribution in [2.75, 3.05) is 20.8 Å². The van der Waals surface area contributed by atoms with Crippen molar-refractivity contribution >= 4 is 17.5 Å². The molecule has 1 unspecified atom stereocenters. The Kier molecular flexibility index (Phi) is 6.30. The Morgan fingerprint density at radius 1 is 1.38 bits per heavy atom. The van der Waals surface area contributed by atoms with Gasteiger partial charge in [-0.05, 0) is 31.9 Å². The fourth-order valence-electron chi connectivity index (χ4n) is 1.97. The summed E-state index contributed by atoms with van der Waals surface area (Å²) in [6, 6.07) is 3.11. The maximum atomic E-state index is 12.4. The van der Waals surface area contributed by atoms with Crippen LogP contribution in [0.1, 0.15) is 37.0 Å². The lowest BCUT2D eigenvalue weighted by molar-refractivity contribution is 0.0885. The third kappa shape index (κ3) is 4.25. The molecule has 0 saturated carbocycles. The first-order valence-corrected chi connectivity index (χ1v) is 7.13. The Morgan fingerprint density at radius 3 is 2.52 bits per heavy atom. The van der Waals surface area contributed by atoms with Crippen LogP contribution in [0.25, 0.3) is 0 Å². The van der Waals surface area contributed by atoms with Crippen molar-refractivity contribution in [2.45, 2.75) is 32.2 Å². The summed E-state index contributed by atoms with van der Waals surface area (Å²) >= 11 is 6.10. The lowest BCUT2D eigenvalue weighted by Gasteiger charge is -2.29. The number of halogens is 1. The molecule has 1 atom stereocenters. The summed E-state index contributed by atoms with van der Waals surface area (Å²) < 4.78 is 10.3. The minimum absolute atomic E-state index is 0.0112. The van der Waals surface area contributed by atoms with Gasteiger partial charge in [0, 0.05) is 17.7 Å². The summed E-state index contributed by atoms with van der Waals surface area (Å²) in [6.07, 6.45) is 1.19. The van der Waals surface area contributed by atoms with E-state index in [-0.39, 0.29) is 12.5 Å². The summed E-state index contributed by atoms with van der Waals surface area (Å²) in [5.74, 6) is 0.524. The first-order chi connectivity index (χ1) is 9.90. The molecule has 0 saturated heterocycles. The monoisotopic (exact) mass is 315 g/mol. The lowest BCUT2D eigenvalue weighted by Crippen LogP contribution is -2.46. The van der Waals surface area contributed by atoms with E-state index in [1.54, 1.807) is 6.07 Å². The first-order valence-electron chi connectivity index (χ1n) is 6.75. The van der Waals surface area contributed by atoms with E-state index < -0.39 is 5.54 Å². The number of carbonyl (C=O) groups is 1. The van der Waals surface area contributed by atoms with Crippen LogP contribution in [0.15, 0.2) is 12.1 Å². The predicted molar refractivity (Wildman–Crippen MR) is 82.4 cm³/mol. The Labute approximate surface area is 130 Å². The van der Waals surface area contributed by atoms with Gasteiger partial charge in [-0.3, -0.25) is 4.79 Å². The molecule has 2 N–H and O–H groups in total. The van der Waals surface area contributed by atoms with Crippen LogP contribution in [-0.2, 0) is 0 Å². The molecule has 0 fully saturated rings. The second kappa shape index (κ2) is 7.52. The maximum absolute atomic E-state index is 12.4. The molecule has 5 nitrogen and oxygen atoms in total. The van der Waals surface area contributed by atoms with E-state index in [2.05, 4.69) is 5.32 Å². The van der Waals surface area contributed by atoms with Gasteiger partial charge in [-0.1, -0.05) is 18.5 Å². The molecule has 0 heterocycles. The Bertz CT molecular complexity index is 507. The molecular formula is C15H22ClNO4. The fourth-order valence-corrected chi connectivity index (χ4v) is 2.26. The van der Waals surface area contributed by atoms with Gasteiger partial charge in [0.1, 0.15) is 0 Å². The molecule has 0 aromatic heterocycles. The van der Waals surface area contributed by atoms with E-state index in [0.29, 0.717) is 34.9 Å². The highest BCUT2D eigenvalue weighted by Gasteiger charge is 2.25. The Hall–Kier alpha value is -1.46. The minimum atomic E-state index is -0.467. The highest BCUT2D eigenvalue weighted by atomic mass is 35.5. The molecular weight excluding hydrogens is 294 g/mol. The zero-order valence-electron chi connectivity index (χ0n) is 12.8. The Morgan fingerprint density at radius 2 is 2.05 bits per heavy atom. The van der Waals surface area contributed by atoms with Gasteiger partial charge in [-0.25, -0.2) is 0 Å². The zero-order valence-corrected chi connectivity index (χ0v) is 13.6. The molecule has 0 aliphatic heterocycles. The smallest absolute Gasteiger partial charge is 0.251 e. The second-order valence-electron chi connectivity index (χ2n) is 5.04. The van der Waals surface area contributed by atoms with Crippen molar-refractivity contribution in [2.24, 2.45) is 0 Å². The lowest BCUT2D eigenvalue weighted by atomic mass is 9.94. The van der Waals surface area contributed by atoms with Gasteiger partial charge in [0.15, 0.2) is 11.5 Å². The normalized spacial score (nSPS) is 13.4. The molecule has 1 aromatic rings. The van der Waals surface area contributed by atoms with Crippen LogP contribution in [0.3, 0.4) is 0 Å². The molecule has 6 heteroatoms. The number of hydrogen-bond acceptors (Lipinski definition) is 4. The summed E-state index contributed by atoms with van der Waals surface area (Å²) in [4.78, 5) is 12.4. The molecule has 0 bridgehead atoms. The number of rotatable bonds is 7. The largest absolute Gasteiger partial charge is 0.493 e. The van der Waals surface area contributed by atoms with Crippen LogP contribution in [0.2, 0.25) is 5.02 Å². The van der Waals surface area contributed by atoms with Crippen molar-refractivity contribution in [3.8, 4) is 11.5 Å². The average molecular weight is 316 g/mol. The summed E-state index contributed by atoms with van der Waals surface area (Å²) in [6.45, 7) is 3.86. The molecule has 0 aliphatic rings. The number of nitrogens with one attached hydrogen (secondary N) is 1. The summed E-state index contributed by atoms with van der Waals surface area (Å²) in [5.41, 5.74) is -0.0823. The van der Waals surface area contributed by atoms with Crippen LogP contribution in [0.4, 0.5) is 0 Å². The second-order valence-corrected chi connectivity index (χ2v) is 5.44. The van der Waals surface area contributed by atoms with E-state index in [1.165, 1.54) is 20.3 Å². The van der Waals surface area contributed by atoms with Crippen LogP contribution < -0.4 is 14.8 Å². The Balaban J connectivity index is 3.05. The number of amides is 1. The molecule has 0 radical (unpaired) electrons. The van der Waals surface area contributed by atoms with Gasteiger partial charge < -0.3 is 19.9 Å². The predicted octanol–water partition coefficient (Wildman–Crippen LogP) is 2.64. The van der Waals surface area contributed by atoms with Crippen LogP contribution in [0, 0.1) is 0 Å². The number of methoxy groups -OCH3 is 2. The van der Waals surface area contributed by atoms with Gasteiger partial charge >= 0.3 is 0 Å². The number of hydrogen-bond donors (Lipinski definition) is 2. The third-order valence-electron chi connectivity index (χ3n) is 3.55.